The SMILES string of the molecule is CCc1ccc(-n2[nH]c3c(cnc4ccc(C(=O)N5CCCC5)cc43)c2=O)cc1. The maximum Gasteiger partial charge on any atom is 0.280 e. The number of benzene rings is 2. The minimum atomic E-state index is -0.144. The zero-order valence-corrected chi connectivity index (χ0v) is 16.3. The van der Waals surface area contributed by atoms with Gasteiger partial charge in [0.15, 0.2) is 0 Å². The molecule has 5 rings (SSSR count). The molecule has 29 heavy (non-hydrogen) atoms. The number of aromatic nitrogens is 3. The Bertz CT molecular complexity index is 1280. The molecule has 0 radical (unpaired) electrons. The van der Waals surface area contributed by atoms with Crippen LogP contribution in [-0.4, -0.2) is 38.7 Å². The van der Waals surface area contributed by atoms with Crippen LogP contribution in [0.15, 0.2) is 53.5 Å². The van der Waals surface area contributed by atoms with Gasteiger partial charge >= 0.3 is 0 Å². The normalized spacial score (nSPS) is 14.2. The highest BCUT2D eigenvalue weighted by molar-refractivity contribution is 6.06. The summed E-state index contributed by atoms with van der Waals surface area (Å²) in [4.78, 5) is 32.1. The number of nitrogens with zero attached hydrogens (tertiary/aromatic N) is 3. The molecule has 6 nitrogen and oxygen atoms in total. The Hall–Kier alpha value is -3.41. The van der Waals surface area contributed by atoms with Gasteiger partial charge in [-0.15, -0.1) is 0 Å². The second-order valence-electron chi connectivity index (χ2n) is 7.55. The molecule has 1 N–H and O–H groups in total. The van der Waals surface area contributed by atoms with Crippen molar-refractivity contribution in [3.05, 3.63) is 70.1 Å². The van der Waals surface area contributed by atoms with Gasteiger partial charge in [0, 0.05) is 30.2 Å². The Morgan fingerprint density at radius 1 is 1.07 bits per heavy atom. The summed E-state index contributed by atoms with van der Waals surface area (Å²) in [6.45, 7) is 3.71. The molecule has 1 saturated heterocycles. The number of carbonyl (C=O) groups excluding carboxylic acids is 1. The summed E-state index contributed by atoms with van der Waals surface area (Å²) in [5, 5.41) is 4.54. The van der Waals surface area contributed by atoms with Crippen LogP contribution >= 0.6 is 0 Å². The summed E-state index contributed by atoms with van der Waals surface area (Å²) in [6, 6.07) is 13.4. The number of hydrogen-bond donors (Lipinski definition) is 1. The highest BCUT2D eigenvalue weighted by Gasteiger charge is 2.20. The van der Waals surface area contributed by atoms with Gasteiger partial charge in [0.25, 0.3) is 11.5 Å². The van der Waals surface area contributed by atoms with Crippen molar-refractivity contribution in [2.75, 3.05) is 13.1 Å². The second kappa shape index (κ2) is 6.88. The van der Waals surface area contributed by atoms with Gasteiger partial charge in [0.2, 0.25) is 0 Å². The van der Waals surface area contributed by atoms with Crippen LogP contribution in [0.5, 0.6) is 0 Å². The zero-order valence-electron chi connectivity index (χ0n) is 16.3. The number of amides is 1. The maximum atomic E-state index is 13.0. The molecule has 0 unspecified atom stereocenters. The predicted molar refractivity (Wildman–Crippen MR) is 114 cm³/mol. The first-order chi connectivity index (χ1) is 14.2. The molecular formula is C23H22N4O2. The molecule has 3 heterocycles. The number of likely N-dealkylation sites (tertiary alicyclic amines) is 1. The molecule has 1 aliphatic heterocycles. The smallest absolute Gasteiger partial charge is 0.280 e. The van der Waals surface area contributed by atoms with Gasteiger partial charge in [-0.2, -0.15) is 0 Å². The number of aromatic amines is 1. The van der Waals surface area contributed by atoms with E-state index >= 15 is 0 Å². The Balaban J connectivity index is 1.65. The fourth-order valence-electron chi connectivity index (χ4n) is 4.06. The first kappa shape index (κ1) is 17.7. The van der Waals surface area contributed by atoms with E-state index in [0.29, 0.717) is 16.5 Å². The largest absolute Gasteiger partial charge is 0.339 e. The van der Waals surface area contributed by atoms with E-state index in [1.165, 1.54) is 5.56 Å². The first-order valence-corrected chi connectivity index (χ1v) is 10.1. The molecule has 0 bridgehead atoms. The third-order valence-electron chi connectivity index (χ3n) is 5.77. The van der Waals surface area contributed by atoms with Crippen LogP contribution in [0.3, 0.4) is 0 Å². The molecule has 6 heteroatoms. The number of H-pyrrole nitrogens is 1. The van der Waals surface area contributed by atoms with Gasteiger partial charge in [0.1, 0.15) is 0 Å². The lowest BCUT2D eigenvalue weighted by Gasteiger charge is -2.15. The fraction of sp³-hybridized carbons (Fsp3) is 0.261. The second-order valence-corrected chi connectivity index (χ2v) is 7.55. The van der Waals surface area contributed by atoms with Crippen LogP contribution in [0.25, 0.3) is 27.5 Å². The van der Waals surface area contributed by atoms with Crippen molar-refractivity contribution in [1.29, 1.82) is 0 Å². The maximum absolute atomic E-state index is 13.0. The van der Waals surface area contributed by atoms with Crippen molar-refractivity contribution in [2.24, 2.45) is 0 Å². The number of nitrogens with one attached hydrogen (secondary N) is 1. The van der Waals surface area contributed by atoms with Crippen LogP contribution in [0.2, 0.25) is 0 Å². The van der Waals surface area contributed by atoms with Crippen LogP contribution in [0.1, 0.15) is 35.7 Å². The van der Waals surface area contributed by atoms with Crippen LogP contribution < -0.4 is 5.56 Å². The minimum Gasteiger partial charge on any atom is -0.339 e. The first-order valence-electron chi connectivity index (χ1n) is 10.1. The number of fused-ring (bicyclic) bond motifs is 3. The van der Waals surface area contributed by atoms with E-state index < -0.39 is 0 Å². The van der Waals surface area contributed by atoms with E-state index in [2.05, 4.69) is 17.0 Å². The van der Waals surface area contributed by atoms with Gasteiger partial charge in [-0.3, -0.25) is 19.7 Å². The Morgan fingerprint density at radius 2 is 1.83 bits per heavy atom. The fourth-order valence-corrected chi connectivity index (χ4v) is 4.06. The van der Waals surface area contributed by atoms with E-state index in [0.717, 1.165) is 48.9 Å². The van der Waals surface area contributed by atoms with Crippen molar-refractivity contribution >= 4 is 27.7 Å². The summed E-state index contributed by atoms with van der Waals surface area (Å²) in [5.41, 5.74) is 3.95. The van der Waals surface area contributed by atoms with E-state index in [9.17, 15) is 9.59 Å². The third kappa shape index (κ3) is 2.92. The predicted octanol–water partition coefficient (Wildman–Crippen LogP) is 3.67. The summed E-state index contributed by atoms with van der Waals surface area (Å²) in [6.07, 6.45) is 4.66. The molecule has 1 aliphatic rings. The minimum absolute atomic E-state index is 0.0401. The average molecular weight is 386 g/mol. The van der Waals surface area contributed by atoms with Crippen molar-refractivity contribution in [3.8, 4) is 5.69 Å². The Morgan fingerprint density at radius 3 is 2.55 bits per heavy atom. The van der Waals surface area contributed by atoms with Gasteiger partial charge in [-0.1, -0.05) is 19.1 Å². The van der Waals surface area contributed by atoms with Crippen LogP contribution in [0.4, 0.5) is 0 Å². The lowest BCUT2D eigenvalue weighted by molar-refractivity contribution is 0.0793. The van der Waals surface area contributed by atoms with Crippen molar-refractivity contribution < 1.29 is 4.79 Å². The third-order valence-corrected chi connectivity index (χ3v) is 5.77. The van der Waals surface area contributed by atoms with Gasteiger partial charge < -0.3 is 4.90 Å². The quantitative estimate of drug-likeness (QED) is 0.584. The summed E-state index contributed by atoms with van der Waals surface area (Å²) in [5.74, 6) is 0.0401. The molecule has 1 fully saturated rings. The summed E-state index contributed by atoms with van der Waals surface area (Å²) >= 11 is 0. The highest BCUT2D eigenvalue weighted by Crippen LogP contribution is 2.24. The number of aryl methyl sites for hydroxylation is 1. The van der Waals surface area contributed by atoms with Crippen molar-refractivity contribution in [1.82, 2.24) is 19.7 Å². The summed E-state index contributed by atoms with van der Waals surface area (Å²) in [7, 11) is 0. The monoisotopic (exact) mass is 386 g/mol. The number of carbonyl (C=O) groups is 1. The average Bonchev–Trinajstić information content (AvgIpc) is 3.41. The van der Waals surface area contributed by atoms with E-state index in [-0.39, 0.29) is 11.5 Å². The van der Waals surface area contributed by atoms with Crippen LogP contribution in [-0.2, 0) is 6.42 Å². The summed E-state index contributed by atoms with van der Waals surface area (Å²) < 4.78 is 1.54. The van der Waals surface area contributed by atoms with E-state index in [1.54, 1.807) is 10.9 Å². The van der Waals surface area contributed by atoms with Gasteiger partial charge in [0.05, 0.1) is 22.1 Å². The lowest BCUT2D eigenvalue weighted by Crippen LogP contribution is -2.27. The molecule has 4 aromatic rings. The van der Waals surface area contributed by atoms with Crippen LogP contribution in [0, 0.1) is 0 Å². The number of rotatable bonds is 3. The number of pyridine rings is 1. The Labute approximate surface area is 167 Å². The molecule has 0 saturated carbocycles. The molecule has 2 aromatic carbocycles. The molecule has 146 valence electrons. The standard InChI is InChI=1S/C23H22N4O2/c1-2-15-5-8-17(9-6-15)27-23(29)19-14-24-20-10-7-16(13-18(20)21(19)25-27)22(28)26-11-3-4-12-26/h5-10,13-14,25H,2-4,11-12H2,1H3. The van der Waals surface area contributed by atoms with E-state index in [1.807, 2.05) is 47.4 Å². The zero-order chi connectivity index (χ0) is 20.0. The van der Waals surface area contributed by atoms with Crippen molar-refractivity contribution in [3.63, 3.8) is 0 Å². The number of hydrogen-bond acceptors (Lipinski definition) is 3. The van der Waals surface area contributed by atoms with Gasteiger partial charge in [-0.05, 0) is 55.2 Å². The Kier molecular flexibility index (Phi) is 4.19. The molecule has 0 atom stereocenters. The molecule has 2 aromatic heterocycles. The molecule has 0 spiro atoms. The molecule has 1 amide bonds. The van der Waals surface area contributed by atoms with Gasteiger partial charge in [-0.25, -0.2) is 4.68 Å². The molecule has 0 aliphatic carbocycles. The van der Waals surface area contributed by atoms with Crippen molar-refractivity contribution in [2.45, 2.75) is 26.2 Å². The lowest BCUT2D eigenvalue weighted by atomic mass is 10.1. The molecular weight excluding hydrogens is 364 g/mol. The topological polar surface area (TPSA) is 71.0 Å². The highest BCUT2D eigenvalue weighted by atomic mass is 16.2. The van der Waals surface area contributed by atoms with E-state index in [4.69, 9.17) is 0 Å².